The Morgan fingerprint density at radius 1 is 1.08 bits per heavy atom. The molecule has 0 saturated carbocycles. The molecular weight excluding hydrogens is 310 g/mol. The highest BCUT2D eigenvalue weighted by atomic mass is 16.1. The molecule has 1 heterocycles. The molecule has 25 heavy (non-hydrogen) atoms. The van der Waals surface area contributed by atoms with Crippen LogP contribution in [0.3, 0.4) is 0 Å². The van der Waals surface area contributed by atoms with Crippen LogP contribution in [0, 0.1) is 0 Å². The first kappa shape index (κ1) is 19.2. The quantitative estimate of drug-likeness (QED) is 0.549. The van der Waals surface area contributed by atoms with Gasteiger partial charge in [0.05, 0.1) is 5.41 Å². The van der Waals surface area contributed by atoms with Gasteiger partial charge in [0, 0.05) is 18.8 Å². The molecule has 0 aliphatic rings. The lowest BCUT2D eigenvalue weighted by Gasteiger charge is -2.32. The standard InChI is InChI=1S/C21H31N3O/c1-2-3-4-5-6-7-11-14-21(17-19(22)25,20-23-15-16-24-20)18-12-9-8-10-13-18/h8-10,12-13,15-16H,2-7,11,14,17H2,1H3,(H2,22,25)(H,23,24). The average Bonchev–Trinajstić information content (AvgIpc) is 3.15. The second-order valence-corrected chi connectivity index (χ2v) is 6.90. The first-order valence-electron chi connectivity index (χ1n) is 9.53. The zero-order valence-electron chi connectivity index (χ0n) is 15.3. The van der Waals surface area contributed by atoms with Gasteiger partial charge < -0.3 is 10.7 Å². The number of nitrogens with zero attached hydrogens (tertiary/aromatic N) is 1. The molecule has 0 fully saturated rings. The third-order valence-corrected chi connectivity index (χ3v) is 4.96. The molecule has 0 spiro atoms. The van der Waals surface area contributed by atoms with Crippen molar-refractivity contribution in [3.05, 3.63) is 54.1 Å². The number of hydrogen-bond donors (Lipinski definition) is 2. The maximum absolute atomic E-state index is 11.9. The Hall–Kier alpha value is -2.10. The van der Waals surface area contributed by atoms with Gasteiger partial charge in [-0.15, -0.1) is 0 Å². The Labute approximate surface area is 151 Å². The number of carbonyl (C=O) groups excluding carboxylic acids is 1. The molecule has 1 atom stereocenters. The molecule has 0 aliphatic heterocycles. The summed E-state index contributed by atoms with van der Waals surface area (Å²) in [4.78, 5) is 19.6. The SMILES string of the molecule is CCCCCCCCCC(CC(N)=O)(c1ccccc1)c1ncc[nH]1. The highest BCUT2D eigenvalue weighted by Gasteiger charge is 2.37. The smallest absolute Gasteiger partial charge is 0.218 e. The van der Waals surface area contributed by atoms with Gasteiger partial charge >= 0.3 is 0 Å². The second kappa shape index (κ2) is 10.0. The van der Waals surface area contributed by atoms with Crippen LogP contribution in [-0.2, 0) is 10.2 Å². The van der Waals surface area contributed by atoms with Crippen LogP contribution < -0.4 is 5.73 Å². The Morgan fingerprint density at radius 2 is 1.76 bits per heavy atom. The number of amides is 1. The van der Waals surface area contributed by atoms with Crippen molar-refractivity contribution >= 4 is 5.91 Å². The van der Waals surface area contributed by atoms with Crippen molar-refractivity contribution in [1.29, 1.82) is 0 Å². The van der Waals surface area contributed by atoms with Crippen LogP contribution >= 0.6 is 0 Å². The average molecular weight is 341 g/mol. The van der Waals surface area contributed by atoms with Gasteiger partial charge in [0.25, 0.3) is 0 Å². The maximum Gasteiger partial charge on any atom is 0.218 e. The summed E-state index contributed by atoms with van der Waals surface area (Å²) in [5.74, 6) is 0.548. The topological polar surface area (TPSA) is 71.8 Å². The van der Waals surface area contributed by atoms with E-state index >= 15 is 0 Å². The Balaban J connectivity index is 2.12. The van der Waals surface area contributed by atoms with Crippen LogP contribution in [0.2, 0.25) is 0 Å². The Bertz CT molecular complexity index is 609. The molecular formula is C21H31N3O. The first-order chi connectivity index (χ1) is 12.2. The van der Waals surface area contributed by atoms with E-state index in [1.54, 1.807) is 6.20 Å². The van der Waals surface area contributed by atoms with E-state index in [1.165, 1.54) is 38.5 Å². The maximum atomic E-state index is 11.9. The van der Waals surface area contributed by atoms with E-state index in [0.29, 0.717) is 0 Å². The number of aromatic nitrogens is 2. The van der Waals surface area contributed by atoms with Crippen molar-refractivity contribution < 1.29 is 4.79 Å². The van der Waals surface area contributed by atoms with Crippen LogP contribution in [0.4, 0.5) is 0 Å². The predicted octanol–water partition coefficient (Wildman–Crippen LogP) is 4.71. The molecule has 1 unspecified atom stereocenters. The third kappa shape index (κ3) is 5.45. The van der Waals surface area contributed by atoms with E-state index in [0.717, 1.165) is 24.2 Å². The summed E-state index contributed by atoms with van der Waals surface area (Å²) < 4.78 is 0. The lowest BCUT2D eigenvalue weighted by molar-refractivity contribution is -0.119. The molecule has 2 rings (SSSR count). The van der Waals surface area contributed by atoms with Gasteiger partial charge in [0.2, 0.25) is 5.91 Å². The van der Waals surface area contributed by atoms with Crippen molar-refractivity contribution in [2.24, 2.45) is 5.73 Å². The molecule has 1 aromatic carbocycles. The Kier molecular flexibility index (Phi) is 7.71. The summed E-state index contributed by atoms with van der Waals surface area (Å²) in [6.45, 7) is 2.24. The van der Waals surface area contributed by atoms with Gasteiger partial charge in [0.15, 0.2) is 0 Å². The van der Waals surface area contributed by atoms with Gasteiger partial charge in [-0.05, 0) is 12.0 Å². The van der Waals surface area contributed by atoms with Crippen molar-refractivity contribution in [3.63, 3.8) is 0 Å². The number of unbranched alkanes of at least 4 members (excludes halogenated alkanes) is 6. The fourth-order valence-electron chi connectivity index (χ4n) is 3.64. The summed E-state index contributed by atoms with van der Waals surface area (Å²) in [7, 11) is 0. The van der Waals surface area contributed by atoms with Crippen molar-refractivity contribution in [2.45, 2.75) is 70.1 Å². The number of nitrogens with one attached hydrogen (secondary N) is 1. The van der Waals surface area contributed by atoms with Crippen LogP contribution in [0.15, 0.2) is 42.7 Å². The molecule has 4 nitrogen and oxygen atoms in total. The number of H-pyrrole nitrogens is 1. The monoisotopic (exact) mass is 341 g/mol. The highest BCUT2D eigenvalue weighted by molar-refractivity contribution is 5.76. The lowest BCUT2D eigenvalue weighted by Crippen LogP contribution is -2.34. The van der Waals surface area contributed by atoms with E-state index < -0.39 is 5.41 Å². The molecule has 0 aliphatic carbocycles. The largest absolute Gasteiger partial charge is 0.370 e. The van der Waals surface area contributed by atoms with E-state index in [9.17, 15) is 4.79 Å². The van der Waals surface area contributed by atoms with Crippen molar-refractivity contribution in [3.8, 4) is 0 Å². The van der Waals surface area contributed by atoms with Gasteiger partial charge in [-0.3, -0.25) is 4.79 Å². The molecule has 0 bridgehead atoms. The lowest BCUT2D eigenvalue weighted by atomic mass is 9.72. The Morgan fingerprint density at radius 3 is 2.36 bits per heavy atom. The van der Waals surface area contributed by atoms with Gasteiger partial charge in [0.1, 0.15) is 5.82 Å². The van der Waals surface area contributed by atoms with Crippen LogP contribution in [0.1, 0.15) is 76.1 Å². The molecule has 0 radical (unpaired) electrons. The van der Waals surface area contributed by atoms with Crippen LogP contribution in [0.25, 0.3) is 0 Å². The van der Waals surface area contributed by atoms with Gasteiger partial charge in [-0.2, -0.15) is 0 Å². The van der Waals surface area contributed by atoms with Crippen molar-refractivity contribution in [2.75, 3.05) is 0 Å². The summed E-state index contributed by atoms with van der Waals surface area (Å²) in [5, 5.41) is 0. The second-order valence-electron chi connectivity index (χ2n) is 6.90. The summed E-state index contributed by atoms with van der Waals surface area (Å²) in [6.07, 6.45) is 13.4. The van der Waals surface area contributed by atoms with Crippen molar-refractivity contribution in [1.82, 2.24) is 9.97 Å². The molecule has 0 saturated heterocycles. The molecule has 2 aromatic rings. The van der Waals surface area contributed by atoms with Gasteiger partial charge in [-0.25, -0.2) is 4.98 Å². The number of primary amides is 1. The van der Waals surface area contributed by atoms with E-state index in [4.69, 9.17) is 5.73 Å². The third-order valence-electron chi connectivity index (χ3n) is 4.96. The normalized spacial score (nSPS) is 13.5. The molecule has 4 heteroatoms. The fourth-order valence-corrected chi connectivity index (χ4v) is 3.64. The number of nitrogens with two attached hydrogens (primary N) is 1. The first-order valence-corrected chi connectivity index (χ1v) is 9.53. The highest BCUT2D eigenvalue weighted by Crippen LogP contribution is 2.38. The van der Waals surface area contributed by atoms with Crippen LogP contribution in [0.5, 0.6) is 0 Å². The number of benzene rings is 1. The minimum Gasteiger partial charge on any atom is -0.370 e. The zero-order chi connectivity index (χ0) is 18.0. The number of aromatic amines is 1. The summed E-state index contributed by atoms with van der Waals surface area (Å²) in [5.41, 5.74) is 6.27. The summed E-state index contributed by atoms with van der Waals surface area (Å²) >= 11 is 0. The fraction of sp³-hybridized carbons (Fsp3) is 0.524. The number of carbonyl (C=O) groups is 1. The van der Waals surface area contributed by atoms with Crippen LogP contribution in [-0.4, -0.2) is 15.9 Å². The predicted molar refractivity (Wildman–Crippen MR) is 102 cm³/mol. The number of imidazole rings is 1. The molecule has 136 valence electrons. The molecule has 3 N–H and O–H groups in total. The van der Waals surface area contributed by atoms with E-state index in [1.807, 2.05) is 24.4 Å². The molecule has 1 amide bonds. The van der Waals surface area contributed by atoms with E-state index in [2.05, 4.69) is 29.0 Å². The number of hydrogen-bond acceptors (Lipinski definition) is 2. The minimum absolute atomic E-state index is 0.278. The summed E-state index contributed by atoms with van der Waals surface area (Å²) in [6, 6.07) is 10.2. The number of rotatable bonds is 12. The van der Waals surface area contributed by atoms with Gasteiger partial charge in [-0.1, -0.05) is 82.2 Å². The van der Waals surface area contributed by atoms with E-state index in [-0.39, 0.29) is 12.3 Å². The zero-order valence-corrected chi connectivity index (χ0v) is 15.3. The minimum atomic E-state index is -0.458. The molecule has 1 aromatic heterocycles.